The highest BCUT2D eigenvalue weighted by atomic mass is 16.6. The van der Waals surface area contributed by atoms with Gasteiger partial charge in [-0.1, -0.05) is 0 Å². The number of nitrogens with one attached hydrogen (secondary N) is 1. The summed E-state index contributed by atoms with van der Waals surface area (Å²) in [6, 6.07) is -0.766. The Balaban J connectivity index is 2.51. The molecule has 1 aliphatic heterocycles. The lowest BCUT2D eigenvalue weighted by atomic mass is 9.98. The Kier molecular flexibility index (Phi) is 4.92. The van der Waals surface area contributed by atoms with Gasteiger partial charge in [0.25, 0.3) is 0 Å². The summed E-state index contributed by atoms with van der Waals surface area (Å²) < 4.78 is 10.2. The number of carbonyl (C=O) groups is 1. The predicted molar refractivity (Wildman–Crippen MR) is 62.0 cm³/mol. The number of hydrogen-bond acceptors (Lipinski definition) is 6. The first-order valence-electron chi connectivity index (χ1n) is 5.82. The number of amides is 1. The van der Waals surface area contributed by atoms with Gasteiger partial charge < -0.3 is 30.1 Å². The van der Waals surface area contributed by atoms with E-state index in [1.807, 2.05) is 0 Å². The second kappa shape index (κ2) is 5.83. The van der Waals surface area contributed by atoms with Gasteiger partial charge in [0.15, 0.2) is 0 Å². The third-order valence-corrected chi connectivity index (χ3v) is 2.52. The number of carbonyl (C=O) groups excluding carboxylic acids is 1. The van der Waals surface area contributed by atoms with Crippen LogP contribution in [0, 0.1) is 0 Å². The summed E-state index contributed by atoms with van der Waals surface area (Å²) in [5.41, 5.74) is -0.642. The van der Waals surface area contributed by atoms with Crippen molar-refractivity contribution in [3.8, 4) is 0 Å². The van der Waals surface area contributed by atoms with Crippen LogP contribution in [0.25, 0.3) is 0 Å². The maximum Gasteiger partial charge on any atom is 0.408 e. The van der Waals surface area contributed by atoms with Crippen molar-refractivity contribution in [2.24, 2.45) is 0 Å². The van der Waals surface area contributed by atoms with E-state index >= 15 is 0 Å². The van der Waals surface area contributed by atoms with Crippen molar-refractivity contribution in [1.29, 1.82) is 0 Å². The third-order valence-electron chi connectivity index (χ3n) is 2.52. The van der Waals surface area contributed by atoms with Gasteiger partial charge in [-0.15, -0.1) is 0 Å². The van der Waals surface area contributed by atoms with Gasteiger partial charge in [-0.25, -0.2) is 4.79 Å². The smallest absolute Gasteiger partial charge is 0.408 e. The molecule has 1 saturated heterocycles. The highest BCUT2D eigenvalue weighted by molar-refractivity contribution is 5.68. The van der Waals surface area contributed by atoms with Gasteiger partial charge in [0.2, 0.25) is 0 Å². The van der Waals surface area contributed by atoms with Gasteiger partial charge in [-0.05, 0) is 20.8 Å². The molecule has 0 radical (unpaired) electrons. The summed E-state index contributed by atoms with van der Waals surface area (Å²) in [4.78, 5) is 11.5. The molecular formula is C11H21NO6. The lowest BCUT2D eigenvalue weighted by molar-refractivity contribution is -0.160. The van der Waals surface area contributed by atoms with Crippen LogP contribution in [0.2, 0.25) is 0 Å². The van der Waals surface area contributed by atoms with Crippen molar-refractivity contribution in [3.63, 3.8) is 0 Å². The second-order valence-corrected chi connectivity index (χ2v) is 5.29. The number of ether oxygens (including phenoxy) is 2. The van der Waals surface area contributed by atoms with E-state index < -0.39 is 42.7 Å². The molecule has 1 rings (SSSR count). The summed E-state index contributed by atoms with van der Waals surface area (Å²) in [6.07, 6.45) is -3.98. The van der Waals surface area contributed by atoms with E-state index in [0.29, 0.717) is 0 Å². The minimum atomic E-state index is -1.25. The molecule has 1 amide bonds. The zero-order valence-corrected chi connectivity index (χ0v) is 10.8. The maximum absolute atomic E-state index is 11.5. The van der Waals surface area contributed by atoms with Crippen LogP contribution in [0.4, 0.5) is 4.79 Å². The number of hydrogen-bond donors (Lipinski definition) is 4. The summed E-state index contributed by atoms with van der Waals surface area (Å²) in [6.45, 7) is 4.77. The van der Waals surface area contributed by atoms with E-state index in [9.17, 15) is 15.0 Å². The van der Waals surface area contributed by atoms with E-state index in [-0.39, 0.29) is 6.61 Å². The van der Waals surface area contributed by atoms with Crippen LogP contribution in [0.5, 0.6) is 0 Å². The average molecular weight is 263 g/mol. The van der Waals surface area contributed by atoms with E-state index in [4.69, 9.17) is 14.6 Å². The monoisotopic (exact) mass is 263 g/mol. The van der Waals surface area contributed by atoms with Crippen molar-refractivity contribution >= 4 is 6.09 Å². The lowest BCUT2D eigenvalue weighted by Gasteiger charge is -2.37. The molecule has 18 heavy (non-hydrogen) atoms. The molecule has 0 unspecified atom stereocenters. The van der Waals surface area contributed by atoms with E-state index in [1.54, 1.807) is 20.8 Å². The maximum atomic E-state index is 11.5. The molecule has 0 aliphatic carbocycles. The number of aliphatic hydroxyl groups is 3. The van der Waals surface area contributed by atoms with Crippen molar-refractivity contribution in [1.82, 2.24) is 5.32 Å². The van der Waals surface area contributed by atoms with Crippen LogP contribution < -0.4 is 5.32 Å². The normalized spacial score (nSPS) is 33.0. The number of aliphatic hydroxyl groups excluding tert-OH is 3. The quantitative estimate of drug-likeness (QED) is 0.508. The molecule has 1 heterocycles. The first kappa shape index (κ1) is 15.2. The summed E-state index contributed by atoms with van der Waals surface area (Å²) in [7, 11) is 0. The van der Waals surface area contributed by atoms with E-state index in [0.717, 1.165) is 0 Å². The Labute approximate surface area is 106 Å². The van der Waals surface area contributed by atoms with Crippen LogP contribution >= 0.6 is 0 Å². The Morgan fingerprint density at radius 2 is 2.00 bits per heavy atom. The van der Waals surface area contributed by atoms with Gasteiger partial charge in [0, 0.05) is 0 Å². The molecule has 1 aliphatic rings. The average Bonchev–Trinajstić information content (AvgIpc) is 2.22. The second-order valence-electron chi connectivity index (χ2n) is 5.29. The molecule has 4 atom stereocenters. The molecule has 0 aromatic carbocycles. The van der Waals surface area contributed by atoms with Gasteiger partial charge in [-0.2, -0.15) is 0 Å². The number of alkyl carbamates (subject to hydrolysis) is 1. The molecule has 0 aromatic rings. The molecule has 4 N–H and O–H groups in total. The van der Waals surface area contributed by atoms with Crippen molar-refractivity contribution < 1.29 is 29.6 Å². The Morgan fingerprint density at radius 1 is 1.39 bits per heavy atom. The SMILES string of the molecule is CC(C)(C)OC(=O)N[C@H]1CO[C@H](CO)[C@H](O)[C@@H]1O. The van der Waals surface area contributed by atoms with Crippen molar-refractivity contribution in [3.05, 3.63) is 0 Å². The topological polar surface area (TPSA) is 108 Å². The fourth-order valence-electron chi connectivity index (χ4n) is 1.63. The third kappa shape index (κ3) is 4.09. The Bertz CT molecular complexity index is 290. The molecule has 106 valence electrons. The van der Waals surface area contributed by atoms with E-state index in [1.165, 1.54) is 0 Å². The van der Waals surface area contributed by atoms with Crippen molar-refractivity contribution in [2.45, 2.75) is 50.7 Å². The molecule has 7 heteroatoms. The molecule has 1 fully saturated rings. The zero-order chi connectivity index (χ0) is 13.9. The molecule has 0 bridgehead atoms. The molecular weight excluding hydrogens is 242 g/mol. The van der Waals surface area contributed by atoms with Crippen LogP contribution in [-0.4, -0.2) is 64.6 Å². The fraction of sp³-hybridized carbons (Fsp3) is 0.909. The van der Waals surface area contributed by atoms with Gasteiger partial charge in [0.05, 0.1) is 19.3 Å². The first-order chi connectivity index (χ1) is 8.24. The predicted octanol–water partition coefficient (Wildman–Crippen LogP) is -1.01. The summed E-state index contributed by atoms with van der Waals surface area (Å²) >= 11 is 0. The van der Waals surface area contributed by atoms with Crippen LogP contribution in [0.1, 0.15) is 20.8 Å². The zero-order valence-electron chi connectivity index (χ0n) is 10.8. The van der Waals surface area contributed by atoms with Gasteiger partial charge >= 0.3 is 6.09 Å². The molecule has 0 aromatic heterocycles. The van der Waals surface area contributed by atoms with Crippen LogP contribution in [0.3, 0.4) is 0 Å². The Morgan fingerprint density at radius 3 is 2.50 bits per heavy atom. The molecule has 7 nitrogen and oxygen atoms in total. The van der Waals surface area contributed by atoms with Crippen LogP contribution in [-0.2, 0) is 9.47 Å². The Hall–Kier alpha value is -0.890. The standard InChI is InChI=1S/C11H21NO6/c1-11(2,3)18-10(16)12-6-5-17-7(4-13)9(15)8(6)14/h6-9,13-15H,4-5H2,1-3H3,(H,12,16)/t6-,7+,8+,9-/m0/s1. The summed E-state index contributed by atoms with van der Waals surface area (Å²) in [5.74, 6) is 0. The summed E-state index contributed by atoms with van der Waals surface area (Å²) in [5, 5.41) is 30.7. The molecule has 0 spiro atoms. The van der Waals surface area contributed by atoms with E-state index in [2.05, 4.69) is 5.32 Å². The highest BCUT2D eigenvalue weighted by Gasteiger charge is 2.39. The highest BCUT2D eigenvalue weighted by Crippen LogP contribution is 2.16. The van der Waals surface area contributed by atoms with Crippen molar-refractivity contribution in [2.75, 3.05) is 13.2 Å². The van der Waals surface area contributed by atoms with Gasteiger partial charge in [0.1, 0.15) is 23.9 Å². The first-order valence-corrected chi connectivity index (χ1v) is 5.82. The lowest BCUT2D eigenvalue weighted by Crippen LogP contribution is -2.60. The number of rotatable bonds is 2. The minimum Gasteiger partial charge on any atom is -0.444 e. The fourth-order valence-corrected chi connectivity index (χ4v) is 1.63. The van der Waals surface area contributed by atoms with Gasteiger partial charge in [-0.3, -0.25) is 0 Å². The molecule has 0 saturated carbocycles. The minimum absolute atomic E-state index is 0.00267. The largest absolute Gasteiger partial charge is 0.444 e. The van der Waals surface area contributed by atoms with Crippen LogP contribution in [0.15, 0.2) is 0 Å².